The Morgan fingerprint density at radius 2 is 2.00 bits per heavy atom. The summed E-state index contributed by atoms with van der Waals surface area (Å²) in [6, 6.07) is 0. The molecule has 0 spiro atoms. The average Bonchev–Trinajstić information content (AvgIpc) is 1.79. The van der Waals surface area contributed by atoms with Crippen LogP contribution in [0.5, 0.6) is 0 Å². The third-order valence-corrected chi connectivity index (χ3v) is 0.975. The first kappa shape index (κ1) is 9.50. The molecule has 0 saturated heterocycles. The Balaban J connectivity index is 3.13. The molecule has 0 rings (SSSR count). The molecule has 2 heteroatoms. The Hall–Kier alpha value is -0.500. The highest BCUT2D eigenvalue weighted by atomic mass is 16.5. The first-order valence-corrected chi connectivity index (χ1v) is 3.52. The third kappa shape index (κ3) is 7.50. The zero-order chi connectivity index (χ0) is 7.98. The van der Waals surface area contributed by atoms with Crippen LogP contribution in [0, 0.1) is 0 Å². The summed E-state index contributed by atoms with van der Waals surface area (Å²) in [6.07, 6.45) is 1.80. The van der Waals surface area contributed by atoms with Crippen molar-refractivity contribution in [1.29, 1.82) is 0 Å². The molecular weight excluding hydrogens is 126 g/mol. The maximum Gasteiger partial charge on any atom is 0.0999 e. The zero-order valence-electron chi connectivity index (χ0n) is 7.35. The Kier molecular flexibility index (Phi) is 5.03. The Bertz CT molecular complexity index is 104. The van der Waals surface area contributed by atoms with Crippen LogP contribution in [0.25, 0.3) is 0 Å². The van der Waals surface area contributed by atoms with Crippen molar-refractivity contribution in [2.75, 3.05) is 27.2 Å². The molecule has 0 fully saturated rings. The number of rotatable bonds is 4. The predicted octanol–water partition coefficient (Wildman–Crippen LogP) is 1.49. The number of allylic oxidation sites excluding steroid dienone is 1. The van der Waals surface area contributed by atoms with E-state index in [-0.39, 0.29) is 0 Å². The molecule has 0 aliphatic heterocycles. The second-order valence-corrected chi connectivity index (χ2v) is 2.87. The van der Waals surface area contributed by atoms with Gasteiger partial charge in [-0.25, -0.2) is 0 Å². The molecule has 0 amide bonds. The molecule has 0 atom stereocenters. The third-order valence-electron chi connectivity index (χ3n) is 0.975. The number of nitrogens with zero attached hydrogens (tertiary/aromatic N) is 1. The van der Waals surface area contributed by atoms with Gasteiger partial charge in [-0.3, -0.25) is 0 Å². The van der Waals surface area contributed by atoms with E-state index in [2.05, 4.69) is 4.90 Å². The van der Waals surface area contributed by atoms with Gasteiger partial charge in [-0.2, -0.15) is 0 Å². The van der Waals surface area contributed by atoms with Crippen molar-refractivity contribution in [3.8, 4) is 0 Å². The molecule has 0 unspecified atom stereocenters. The molecule has 0 aliphatic carbocycles. The van der Waals surface area contributed by atoms with Crippen molar-refractivity contribution >= 4 is 0 Å². The van der Waals surface area contributed by atoms with Crippen LogP contribution in [0.15, 0.2) is 11.8 Å². The molecule has 60 valence electrons. The van der Waals surface area contributed by atoms with Gasteiger partial charge in [0.1, 0.15) is 0 Å². The minimum absolute atomic E-state index is 0.776. The highest BCUT2D eigenvalue weighted by Crippen LogP contribution is 1.88. The molecule has 0 aromatic rings. The summed E-state index contributed by atoms with van der Waals surface area (Å²) >= 11 is 0. The van der Waals surface area contributed by atoms with Crippen LogP contribution in [0.1, 0.15) is 13.8 Å². The van der Waals surface area contributed by atoms with Crippen molar-refractivity contribution in [3.63, 3.8) is 0 Å². The van der Waals surface area contributed by atoms with E-state index in [1.54, 1.807) is 6.26 Å². The van der Waals surface area contributed by atoms with Gasteiger partial charge in [-0.1, -0.05) is 0 Å². The molecule has 0 radical (unpaired) electrons. The summed E-state index contributed by atoms with van der Waals surface area (Å²) in [5, 5.41) is 0. The van der Waals surface area contributed by atoms with Gasteiger partial charge in [0.25, 0.3) is 0 Å². The normalized spacial score (nSPS) is 9.70. The summed E-state index contributed by atoms with van der Waals surface area (Å²) in [6.45, 7) is 5.80. The first-order chi connectivity index (χ1) is 4.63. The molecule has 0 bridgehead atoms. The Morgan fingerprint density at radius 1 is 1.40 bits per heavy atom. The minimum atomic E-state index is 0.776. The van der Waals surface area contributed by atoms with Gasteiger partial charge in [-0.15, -0.1) is 0 Å². The fourth-order valence-electron chi connectivity index (χ4n) is 0.461. The molecule has 0 aliphatic rings. The lowest BCUT2D eigenvalue weighted by atomic mass is 10.4. The molecular formula is C8H17NO. The maximum absolute atomic E-state index is 5.20. The smallest absolute Gasteiger partial charge is 0.0999 e. The van der Waals surface area contributed by atoms with E-state index >= 15 is 0 Å². The first-order valence-electron chi connectivity index (χ1n) is 3.52. The van der Waals surface area contributed by atoms with E-state index in [1.165, 1.54) is 5.57 Å². The molecule has 10 heavy (non-hydrogen) atoms. The van der Waals surface area contributed by atoms with E-state index in [9.17, 15) is 0 Å². The van der Waals surface area contributed by atoms with Gasteiger partial charge in [0.2, 0.25) is 0 Å². The van der Waals surface area contributed by atoms with Gasteiger partial charge in [0.05, 0.1) is 12.9 Å². The molecule has 2 nitrogen and oxygen atoms in total. The summed E-state index contributed by atoms with van der Waals surface area (Å²) in [5.74, 6) is 0. The number of hydrogen-bond acceptors (Lipinski definition) is 2. The van der Waals surface area contributed by atoms with Crippen molar-refractivity contribution in [1.82, 2.24) is 4.90 Å². The lowest BCUT2D eigenvalue weighted by Gasteiger charge is -2.08. The van der Waals surface area contributed by atoms with E-state index in [0.717, 1.165) is 13.2 Å². The lowest BCUT2D eigenvalue weighted by molar-refractivity contribution is 0.210. The Labute approximate surface area is 63.5 Å². The minimum Gasteiger partial charge on any atom is -0.500 e. The van der Waals surface area contributed by atoms with Crippen molar-refractivity contribution in [2.45, 2.75) is 13.8 Å². The quantitative estimate of drug-likeness (QED) is 0.436. The van der Waals surface area contributed by atoms with Crippen LogP contribution >= 0.6 is 0 Å². The number of likely N-dealkylation sites (N-methyl/N-ethyl adjacent to an activating group) is 1. The van der Waals surface area contributed by atoms with Crippen molar-refractivity contribution < 1.29 is 4.74 Å². The fraction of sp³-hybridized carbons (Fsp3) is 0.750. The van der Waals surface area contributed by atoms with Crippen LogP contribution in [0.3, 0.4) is 0 Å². The van der Waals surface area contributed by atoms with Crippen LogP contribution in [0.4, 0.5) is 0 Å². The molecule has 0 N–H and O–H groups in total. The van der Waals surface area contributed by atoms with Gasteiger partial charge in [0, 0.05) is 6.54 Å². The largest absolute Gasteiger partial charge is 0.500 e. The van der Waals surface area contributed by atoms with Crippen LogP contribution in [0.2, 0.25) is 0 Å². The van der Waals surface area contributed by atoms with Crippen LogP contribution in [-0.2, 0) is 4.74 Å². The highest BCUT2D eigenvalue weighted by Gasteiger charge is 1.86. The standard InChI is InChI=1S/C8H17NO/c1-8(2)7-10-6-5-9(3)4/h7H,5-6H2,1-4H3. The molecule has 0 saturated carbocycles. The monoisotopic (exact) mass is 143 g/mol. The maximum atomic E-state index is 5.20. The Morgan fingerprint density at radius 3 is 2.40 bits per heavy atom. The van der Waals surface area contributed by atoms with E-state index in [1.807, 2.05) is 27.9 Å². The summed E-state index contributed by atoms with van der Waals surface area (Å²) in [4.78, 5) is 2.10. The molecule has 0 heterocycles. The highest BCUT2D eigenvalue weighted by molar-refractivity contribution is 4.86. The second kappa shape index (κ2) is 5.30. The summed E-state index contributed by atoms with van der Waals surface area (Å²) in [5.41, 5.74) is 1.21. The topological polar surface area (TPSA) is 12.5 Å². The van der Waals surface area contributed by atoms with E-state index in [4.69, 9.17) is 4.74 Å². The van der Waals surface area contributed by atoms with E-state index < -0.39 is 0 Å². The van der Waals surface area contributed by atoms with Crippen LogP contribution < -0.4 is 0 Å². The van der Waals surface area contributed by atoms with Crippen molar-refractivity contribution in [2.24, 2.45) is 0 Å². The van der Waals surface area contributed by atoms with E-state index in [0.29, 0.717) is 0 Å². The van der Waals surface area contributed by atoms with Gasteiger partial charge in [0.15, 0.2) is 0 Å². The summed E-state index contributed by atoms with van der Waals surface area (Å²) in [7, 11) is 4.07. The zero-order valence-corrected chi connectivity index (χ0v) is 7.35. The fourth-order valence-corrected chi connectivity index (χ4v) is 0.461. The second-order valence-electron chi connectivity index (χ2n) is 2.87. The van der Waals surface area contributed by atoms with Gasteiger partial charge in [-0.05, 0) is 33.5 Å². The van der Waals surface area contributed by atoms with Gasteiger partial charge < -0.3 is 9.64 Å². The number of ether oxygens (including phenoxy) is 1. The molecule has 0 aromatic carbocycles. The summed E-state index contributed by atoms with van der Waals surface area (Å²) < 4.78 is 5.20. The van der Waals surface area contributed by atoms with Crippen LogP contribution in [-0.4, -0.2) is 32.1 Å². The lowest BCUT2D eigenvalue weighted by Crippen LogP contribution is -2.16. The number of hydrogen-bond donors (Lipinski definition) is 0. The average molecular weight is 143 g/mol. The SMILES string of the molecule is CC(C)=COCCN(C)C. The van der Waals surface area contributed by atoms with Gasteiger partial charge >= 0.3 is 0 Å². The predicted molar refractivity (Wildman–Crippen MR) is 43.9 cm³/mol. The molecule has 0 aromatic heterocycles. The van der Waals surface area contributed by atoms with Crippen molar-refractivity contribution in [3.05, 3.63) is 11.8 Å².